The second kappa shape index (κ2) is 6.89. The van der Waals surface area contributed by atoms with Gasteiger partial charge in [0.25, 0.3) is 5.91 Å². The Balaban J connectivity index is 1.40. The number of carbonyl (C=O) groups excluding carboxylic acids is 1. The Bertz CT molecular complexity index is 1230. The number of rotatable bonds is 4. The van der Waals surface area contributed by atoms with Crippen molar-refractivity contribution < 1.29 is 18.7 Å². The summed E-state index contributed by atoms with van der Waals surface area (Å²) in [5, 5.41) is 8.40. The number of nitrogens with zero attached hydrogens (tertiary/aromatic N) is 2. The van der Waals surface area contributed by atoms with Crippen molar-refractivity contribution >= 4 is 33.1 Å². The van der Waals surface area contributed by atoms with Crippen LogP contribution in [0, 0.1) is 12.7 Å². The van der Waals surface area contributed by atoms with Crippen LogP contribution in [0.25, 0.3) is 10.2 Å². The Labute approximate surface area is 169 Å². The van der Waals surface area contributed by atoms with E-state index in [4.69, 9.17) is 9.47 Å². The number of benzene rings is 2. The predicted octanol–water partition coefficient (Wildman–Crippen LogP) is 4.57. The molecule has 5 rings (SSSR count). The number of amides is 1. The van der Waals surface area contributed by atoms with E-state index in [9.17, 15) is 9.18 Å². The zero-order valence-corrected chi connectivity index (χ0v) is 16.3. The molecule has 0 atom stereocenters. The fourth-order valence-electron chi connectivity index (χ4n) is 3.26. The van der Waals surface area contributed by atoms with Gasteiger partial charge >= 0.3 is 0 Å². The molecular formula is C21H16FN3O3S. The number of thiophene rings is 1. The first kappa shape index (κ1) is 17.7. The van der Waals surface area contributed by atoms with Gasteiger partial charge in [-0.2, -0.15) is 5.10 Å². The van der Waals surface area contributed by atoms with Crippen LogP contribution in [-0.2, 0) is 6.54 Å². The summed E-state index contributed by atoms with van der Waals surface area (Å²) < 4.78 is 25.6. The zero-order valence-electron chi connectivity index (χ0n) is 15.4. The van der Waals surface area contributed by atoms with Gasteiger partial charge in [-0.15, -0.1) is 11.3 Å². The molecule has 1 amide bonds. The summed E-state index contributed by atoms with van der Waals surface area (Å²) in [5.41, 5.74) is 2.43. The number of hydrogen-bond donors (Lipinski definition) is 1. The van der Waals surface area contributed by atoms with Gasteiger partial charge in [-0.25, -0.2) is 4.39 Å². The maximum Gasteiger partial charge on any atom is 0.265 e. The monoisotopic (exact) mass is 409 g/mol. The lowest BCUT2D eigenvalue weighted by Gasteiger charge is -2.05. The summed E-state index contributed by atoms with van der Waals surface area (Å²) in [6.45, 7) is 2.61. The number of ether oxygens (including phenoxy) is 2. The van der Waals surface area contributed by atoms with Gasteiger partial charge < -0.3 is 14.8 Å². The predicted molar refractivity (Wildman–Crippen MR) is 108 cm³/mol. The lowest BCUT2D eigenvalue weighted by atomic mass is 10.2. The van der Waals surface area contributed by atoms with Gasteiger partial charge in [0.1, 0.15) is 10.6 Å². The number of halogens is 1. The molecule has 8 heteroatoms. The smallest absolute Gasteiger partial charge is 0.265 e. The van der Waals surface area contributed by atoms with E-state index in [1.165, 1.54) is 23.5 Å². The van der Waals surface area contributed by atoms with Gasteiger partial charge in [0.2, 0.25) is 6.79 Å². The van der Waals surface area contributed by atoms with Crippen LogP contribution in [0.2, 0.25) is 0 Å². The molecular weight excluding hydrogens is 393 g/mol. The molecule has 0 aliphatic carbocycles. The van der Waals surface area contributed by atoms with Gasteiger partial charge in [-0.3, -0.25) is 9.48 Å². The van der Waals surface area contributed by atoms with Gasteiger partial charge in [0.05, 0.1) is 17.1 Å². The first-order valence-corrected chi connectivity index (χ1v) is 9.81. The quantitative estimate of drug-likeness (QED) is 0.536. The third-order valence-electron chi connectivity index (χ3n) is 4.71. The van der Waals surface area contributed by atoms with Crippen LogP contribution in [0.4, 0.5) is 10.1 Å². The first-order chi connectivity index (χ1) is 14.1. The van der Waals surface area contributed by atoms with E-state index < -0.39 is 0 Å². The molecule has 0 spiro atoms. The van der Waals surface area contributed by atoms with Crippen molar-refractivity contribution in [3.63, 3.8) is 0 Å². The molecule has 6 nitrogen and oxygen atoms in total. The van der Waals surface area contributed by atoms with E-state index in [2.05, 4.69) is 10.4 Å². The molecule has 0 radical (unpaired) electrons. The van der Waals surface area contributed by atoms with Crippen molar-refractivity contribution in [1.29, 1.82) is 0 Å². The van der Waals surface area contributed by atoms with Gasteiger partial charge in [-0.1, -0.05) is 12.1 Å². The Kier molecular flexibility index (Phi) is 4.21. The highest BCUT2D eigenvalue weighted by molar-refractivity contribution is 7.20. The second-order valence-corrected chi connectivity index (χ2v) is 7.75. The summed E-state index contributed by atoms with van der Waals surface area (Å²) in [4.78, 5) is 14.3. The minimum atomic E-state index is -0.269. The van der Waals surface area contributed by atoms with Crippen molar-refractivity contribution in [3.8, 4) is 11.5 Å². The SMILES string of the molecule is Cc1nn(Cc2ccc(F)cc2)c2sc(C(=O)Nc3ccc4c(c3)OCO4)cc12. The molecule has 0 saturated heterocycles. The molecule has 0 unspecified atom stereocenters. The molecule has 2 aromatic carbocycles. The molecule has 0 saturated carbocycles. The first-order valence-electron chi connectivity index (χ1n) is 8.99. The standard InChI is InChI=1S/C21H16FN3O3S/c1-12-16-9-19(20(26)23-15-6-7-17-18(8-15)28-11-27-17)29-21(16)25(24-12)10-13-2-4-14(22)5-3-13/h2-9H,10-11H2,1H3,(H,23,26). The Morgan fingerprint density at radius 1 is 1.17 bits per heavy atom. The third kappa shape index (κ3) is 3.31. The van der Waals surface area contributed by atoms with Gasteiger partial charge in [0.15, 0.2) is 11.5 Å². The summed E-state index contributed by atoms with van der Waals surface area (Å²) in [6, 6.07) is 13.5. The van der Waals surface area contributed by atoms with Gasteiger partial charge in [0, 0.05) is 17.1 Å². The topological polar surface area (TPSA) is 65.4 Å². The fraction of sp³-hybridized carbons (Fsp3) is 0.143. The van der Waals surface area contributed by atoms with E-state index in [1.807, 2.05) is 17.7 Å². The maximum atomic E-state index is 13.1. The number of nitrogens with one attached hydrogen (secondary N) is 1. The summed E-state index contributed by atoms with van der Waals surface area (Å²) >= 11 is 1.38. The lowest BCUT2D eigenvalue weighted by molar-refractivity contribution is 0.103. The van der Waals surface area contributed by atoms with Gasteiger partial charge in [-0.05, 0) is 42.8 Å². The number of anilines is 1. The normalized spacial score (nSPS) is 12.5. The molecule has 4 aromatic rings. The van der Waals surface area contributed by atoms with E-state index in [1.54, 1.807) is 30.3 Å². The van der Waals surface area contributed by atoms with E-state index in [-0.39, 0.29) is 18.5 Å². The van der Waals surface area contributed by atoms with E-state index in [0.717, 1.165) is 21.5 Å². The molecule has 0 bridgehead atoms. The molecule has 3 heterocycles. The van der Waals surface area contributed by atoms with Crippen LogP contribution in [0.15, 0.2) is 48.5 Å². The van der Waals surface area contributed by atoms with Crippen molar-refractivity contribution in [2.75, 3.05) is 12.1 Å². The Morgan fingerprint density at radius 3 is 2.79 bits per heavy atom. The highest BCUT2D eigenvalue weighted by Crippen LogP contribution is 2.35. The van der Waals surface area contributed by atoms with Crippen LogP contribution in [-0.4, -0.2) is 22.5 Å². The van der Waals surface area contributed by atoms with Crippen LogP contribution in [0.3, 0.4) is 0 Å². The zero-order chi connectivity index (χ0) is 20.0. The summed E-state index contributed by atoms with van der Waals surface area (Å²) in [7, 11) is 0. The van der Waals surface area contributed by atoms with Crippen molar-refractivity contribution in [1.82, 2.24) is 9.78 Å². The Hall–Kier alpha value is -3.39. The molecule has 2 aromatic heterocycles. The molecule has 29 heavy (non-hydrogen) atoms. The van der Waals surface area contributed by atoms with Crippen molar-refractivity contribution in [2.24, 2.45) is 0 Å². The van der Waals surface area contributed by atoms with Crippen LogP contribution in [0.1, 0.15) is 20.9 Å². The van der Waals surface area contributed by atoms with Crippen LogP contribution in [0.5, 0.6) is 11.5 Å². The minimum Gasteiger partial charge on any atom is -0.454 e. The summed E-state index contributed by atoms with van der Waals surface area (Å²) in [5.74, 6) is 0.818. The molecule has 1 aliphatic heterocycles. The van der Waals surface area contributed by atoms with Crippen LogP contribution < -0.4 is 14.8 Å². The molecule has 0 fully saturated rings. The number of aromatic nitrogens is 2. The maximum absolute atomic E-state index is 13.1. The minimum absolute atomic E-state index is 0.187. The second-order valence-electron chi connectivity index (χ2n) is 6.72. The van der Waals surface area contributed by atoms with Crippen molar-refractivity contribution in [2.45, 2.75) is 13.5 Å². The van der Waals surface area contributed by atoms with Crippen molar-refractivity contribution in [3.05, 3.63) is 70.5 Å². The summed E-state index contributed by atoms with van der Waals surface area (Å²) in [6.07, 6.45) is 0. The number of hydrogen-bond acceptors (Lipinski definition) is 5. The number of carbonyl (C=O) groups is 1. The van der Waals surface area contributed by atoms with Crippen LogP contribution >= 0.6 is 11.3 Å². The lowest BCUT2D eigenvalue weighted by Crippen LogP contribution is -2.10. The third-order valence-corrected chi connectivity index (χ3v) is 5.85. The number of fused-ring (bicyclic) bond motifs is 2. The number of aryl methyl sites for hydroxylation is 1. The Morgan fingerprint density at radius 2 is 1.97 bits per heavy atom. The average molecular weight is 409 g/mol. The van der Waals surface area contributed by atoms with E-state index in [0.29, 0.717) is 28.6 Å². The fourth-order valence-corrected chi connectivity index (χ4v) is 4.32. The van der Waals surface area contributed by atoms with E-state index >= 15 is 0 Å². The highest BCUT2D eigenvalue weighted by Gasteiger charge is 2.18. The molecule has 1 aliphatic rings. The largest absolute Gasteiger partial charge is 0.454 e. The highest BCUT2D eigenvalue weighted by atomic mass is 32.1. The average Bonchev–Trinajstić information content (AvgIpc) is 3.41. The molecule has 1 N–H and O–H groups in total. The molecule has 146 valence electrons.